The summed E-state index contributed by atoms with van der Waals surface area (Å²) >= 11 is 0. The third-order valence-electron chi connectivity index (χ3n) is 6.23. The second-order valence-electron chi connectivity index (χ2n) is 8.36. The second kappa shape index (κ2) is 9.12. The zero-order chi connectivity index (χ0) is 23.8. The van der Waals surface area contributed by atoms with E-state index in [1.807, 2.05) is 16.4 Å². The minimum atomic E-state index is -4.63. The van der Waals surface area contributed by atoms with Gasteiger partial charge in [-0.3, -0.25) is 9.59 Å². The summed E-state index contributed by atoms with van der Waals surface area (Å²) in [5, 5.41) is 2.84. The molecule has 2 aliphatic heterocycles. The van der Waals surface area contributed by atoms with Crippen LogP contribution in [-0.2, 0) is 24.1 Å². The number of ether oxygens (including phenoxy) is 1. The molecule has 178 valence electrons. The van der Waals surface area contributed by atoms with Gasteiger partial charge in [-0.25, -0.2) is 9.97 Å². The molecule has 11 heteroatoms. The first kappa shape index (κ1) is 23.2. The van der Waals surface area contributed by atoms with Gasteiger partial charge in [0.05, 0.1) is 30.5 Å². The van der Waals surface area contributed by atoms with Crippen molar-refractivity contribution in [3.8, 4) is 0 Å². The zero-order valence-corrected chi connectivity index (χ0v) is 18.5. The Morgan fingerprint density at radius 2 is 2.00 bits per heavy atom. The molecule has 2 amide bonds. The van der Waals surface area contributed by atoms with Gasteiger partial charge < -0.3 is 19.5 Å². The number of hydrogen-bond donors (Lipinski definition) is 1. The van der Waals surface area contributed by atoms with Gasteiger partial charge in [0.1, 0.15) is 5.69 Å². The predicted octanol–water partition coefficient (Wildman–Crippen LogP) is 3.33. The summed E-state index contributed by atoms with van der Waals surface area (Å²) in [5.74, 6) is -1.76. The van der Waals surface area contributed by atoms with Crippen molar-refractivity contribution in [3.63, 3.8) is 0 Å². The monoisotopic (exact) mass is 465 g/mol. The van der Waals surface area contributed by atoms with E-state index in [0.29, 0.717) is 48.6 Å². The van der Waals surface area contributed by atoms with E-state index in [1.165, 1.54) is 0 Å². The fraction of sp³-hybridized carbons (Fsp3) is 0.545. The van der Waals surface area contributed by atoms with Gasteiger partial charge in [0.25, 0.3) is 11.8 Å². The fourth-order valence-electron chi connectivity index (χ4n) is 4.40. The fourth-order valence-corrected chi connectivity index (χ4v) is 4.40. The lowest BCUT2D eigenvalue weighted by Gasteiger charge is -2.24. The highest BCUT2D eigenvalue weighted by Gasteiger charge is 2.35. The minimum absolute atomic E-state index is 0.106. The summed E-state index contributed by atoms with van der Waals surface area (Å²) in [7, 11) is 0. The van der Waals surface area contributed by atoms with Gasteiger partial charge in [0.2, 0.25) is 5.82 Å². The Bertz CT molecular complexity index is 1040. The predicted molar refractivity (Wildman–Crippen MR) is 111 cm³/mol. The Balaban J connectivity index is 1.58. The first-order valence-electron chi connectivity index (χ1n) is 11.0. The molecule has 1 saturated heterocycles. The number of carbonyl (C=O) groups is 2. The standard InChI is InChI=1S/C22H26F3N5O3/c1-3-16(14-10-26-21(27-11-14)22(23,24)25)28-19(31)15-9-17(30-7-8-33-12-18(15)30)20(32)29-6-4-5-13(29)2/h9-11,13,16H,3-8,12H2,1-2H3,(H,28,31). The molecule has 2 aromatic rings. The summed E-state index contributed by atoms with van der Waals surface area (Å²) < 4.78 is 45.7. The summed E-state index contributed by atoms with van der Waals surface area (Å²) in [6.07, 6.45) is -0.166. The van der Waals surface area contributed by atoms with Crippen molar-refractivity contribution in [1.82, 2.24) is 24.8 Å². The minimum Gasteiger partial charge on any atom is -0.373 e. The van der Waals surface area contributed by atoms with Crippen LogP contribution in [-0.4, -0.2) is 50.4 Å². The molecule has 2 aliphatic rings. The van der Waals surface area contributed by atoms with E-state index < -0.39 is 23.9 Å². The number of amides is 2. The van der Waals surface area contributed by atoms with Crippen LogP contribution in [0.15, 0.2) is 18.5 Å². The molecule has 4 heterocycles. The largest absolute Gasteiger partial charge is 0.451 e. The molecule has 1 N–H and O–H groups in total. The van der Waals surface area contributed by atoms with Gasteiger partial charge >= 0.3 is 6.18 Å². The lowest BCUT2D eigenvalue weighted by atomic mass is 10.1. The maximum Gasteiger partial charge on any atom is 0.451 e. The summed E-state index contributed by atoms with van der Waals surface area (Å²) in [4.78, 5) is 35.0. The van der Waals surface area contributed by atoms with Crippen LogP contribution in [0.25, 0.3) is 0 Å². The van der Waals surface area contributed by atoms with Crippen LogP contribution in [0.2, 0.25) is 0 Å². The van der Waals surface area contributed by atoms with Crippen molar-refractivity contribution in [3.05, 3.63) is 46.8 Å². The summed E-state index contributed by atoms with van der Waals surface area (Å²) in [5.41, 5.74) is 1.77. The first-order valence-corrected chi connectivity index (χ1v) is 11.0. The number of alkyl halides is 3. The van der Waals surface area contributed by atoms with Crippen molar-refractivity contribution in [2.24, 2.45) is 0 Å². The molecule has 4 rings (SSSR count). The lowest BCUT2D eigenvalue weighted by molar-refractivity contribution is -0.145. The normalized spacial score (nSPS) is 19.3. The van der Waals surface area contributed by atoms with Crippen LogP contribution in [0.1, 0.15) is 77.1 Å². The topological polar surface area (TPSA) is 89.4 Å². The third kappa shape index (κ3) is 4.59. The Hall–Kier alpha value is -2.95. The number of aromatic nitrogens is 3. The molecule has 8 nitrogen and oxygen atoms in total. The average Bonchev–Trinajstić information content (AvgIpc) is 3.40. The Kier molecular flexibility index (Phi) is 6.42. The smallest absolute Gasteiger partial charge is 0.373 e. The van der Waals surface area contributed by atoms with E-state index in [9.17, 15) is 22.8 Å². The third-order valence-corrected chi connectivity index (χ3v) is 6.23. The molecule has 2 aromatic heterocycles. The van der Waals surface area contributed by atoms with Crippen molar-refractivity contribution >= 4 is 11.8 Å². The van der Waals surface area contributed by atoms with Gasteiger partial charge in [0.15, 0.2) is 0 Å². The number of nitrogens with one attached hydrogen (secondary N) is 1. The van der Waals surface area contributed by atoms with Crippen molar-refractivity contribution in [2.75, 3.05) is 13.2 Å². The van der Waals surface area contributed by atoms with E-state index in [2.05, 4.69) is 15.3 Å². The van der Waals surface area contributed by atoms with Gasteiger partial charge in [-0.15, -0.1) is 0 Å². The number of halogens is 3. The zero-order valence-electron chi connectivity index (χ0n) is 18.5. The van der Waals surface area contributed by atoms with Crippen LogP contribution in [0.5, 0.6) is 0 Å². The van der Waals surface area contributed by atoms with Crippen molar-refractivity contribution < 1.29 is 27.5 Å². The van der Waals surface area contributed by atoms with Gasteiger partial charge in [-0.1, -0.05) is 6.92 Å². The summed E-state index contributed by atoms with van der Waals surface area (Å²) in [6.45, 7) is 5.61. The van der Waals surface area contributed by atoms with Gasteiger partial charge in [-0.05, 0) is 32.3 Å². The molecule has 2 unspecified atom stereocenters. The van der Waals surface area contributed by atoms with E-state index in [1.54, 1.807) is 13.0 Å². The lowest BCUT2D eigenvalue weighted by Crippen LogP contribution is -2.35. The van der Waals surface area contributed by atoms with Crippen LogP contribution in [0.4, 0.5) is 13.2 Å². The van der Waals surface area contributed by atoms with Crippen LogP contribution in [0, 0.1) is 0 Å². The molecule has 0 bridgehead atoms. The Morgan fingerprint density at radius 3 is 2.61 bits per heavy atom. The SMILES string of the molecule is CCC(NC(=O)c1cc(C(=O)N2CCCC2C)n2c1COCC2)c1cnc(C(F)(F)F)nc1. The maximum atomic E-state index is 13.2. The molecule has 0 aliphatic carbocycles. The quantitative estimate of drug-likeness (QED) is 0.732. The molecule has 0 aromatic carbocycles. The van der Waals surface area contributed by atoms with Crippen LogP contribution >= 0.6 is 0 Å². The molecule has 33 heavy (non-hydrogen) atoms. The molecule has 0 spiro atoms. The van der Waals surface area contributed by atoms with E-state index >= 15 is 0 Å². The molecule has 0 saturated carbocycles. The second-order valence-corrected chi connectivity index (χ2v) is 8.36. The average molecular weight is 465 g/mol. The highest BCUT2D eigenvalue weighted by atomic mass is 19.4. The molecule has 0 radical (unpaired) electrons. The molecule has 1 fully saturated rings. The van der Waals surface area contributed by atoms with Crippen molar-refractivity contribution in [1.29, 1.82) is 0 Å². The summed E-state index contributed by atoms with van der Waals surface area (Å²) in [6, 6.07) is 1.16. The van der Waals surface area contributed by atoms with E-state index in [-0.39, 0.29) is 18.6 Å². The Morgan fingerprint density at radius 1 is 1.27 bits per heavy atom. The number of rotatable bonds is 5. The highest BCUT2D eigenvalue weighted by molar-refractivity contribution is 6.01. The number of fused-ring (bicyclic) bond motifs is 1. The molecular formula is C22H26F3N5O3. The maximum absolute atomic E-state index is 13.2. The number of likely N-dealkylation sites (tertiary alicyclic amines) is 1. The number of hydrogen-bond acceptors (Lipinski definition) is 5. The van der Waals surface area contributed by atoms with Crippen molar-refractivity contribution in [2.45, 2.75) is 64.5 Å². The van der Waals surface area contributed by atoms with E-state index in [0.717, 1.165) is 25.2 Å². The number of nitrogens with zero attached hydrogens (tertiary/aromatic N) is 4. The van der Waals surface area contributed by atoms with Crippen LogP contribution < -0.4 is 5.32 Å². The number of carbonyl (C=O) groups excluding carboxylic acids is 2. The molecular weight excluding hydrogens is 439 g/mol. The van der Waals surface area contributed by atoms with Gasteiger partial charge in [0, 0.05) is 37.1 Å². The Labute approximate surface area is 189 Å². The highest BCUT2D eigenvalue weighted by Crippen LogP contribution is 2.28. The van der Waals surface area contributed by atoms with Gasteiger partial charge in [-0.2, -0.15) is 13.2 Å². The van der Waals surface area contributed by atoms with Crippen LogP contribution in [0.3, 0.4) is 0 Å². The molecule has 2 atom stereocenters. The first-order chi connectivity index (χ1) is 15.7. The van der Waals surface area contributed by atoms with E-state index in [4.69, 9.17) is 4.74 Å².